The van der Waals surface area contributed by atoms with Crippen molar-refractivity contribution in [2.45, 2.75) is 118 Å². The van der Waals surface area contributed by atoms with E-state index in [-0.39, 0.29) is 15.1 Å². The van der Waals surface area contributed by atoms with Gasteiger partial charge in [-0.3, -0.25) is 0 Å². The Morgan fingerprint density at radius 2 is 0.582 bits per heavy atom. The maximum atomic E-state index is 10.2. The van der Waals surface area contributed by atoms with Crippen molar-refractivity contribution in [3.63, 3.8) is 0 Å². The van der Waals surface area contributed by atoms with E-state index < -0.39 is 37.9 Å². The van der Waals surface area contributed by atoms with Crippen LogP contribution in [0.5, 0.6) is 17.2 Å². The summed E-state index contributed by atoms with van der Waals surface area (Å²) in [5.41, 5.74) is 12.9. The van der Waals surface area contributed by atoms with E-state index in [2.05, 4.69) is 119 Å². The molecular formula is C54H75O9PSi3. The lowest BCUT2D eigenvalue weighted by atomic mass is 9.95. The van der Waals surface area contributed by atoms with Crippen molar-refractivity contribution in [3.05, 3.63) is 161 Å². The van der Waals surface area contributed by atoms with Crippen LogP contribution in [0.2, 0.25) is 15.1 Å². The highest BCUT2D eigenvalue weighted by Crippen LogP contribution is 2.37. The van der Waals surface area contributed by atoms with E-state index in [4.69, 9.17) is 28.0 Å². The molecule has 0 aliphatic rings. The van der Waals surface area contributed by atoms with E-state index >= 15 is 0 Å². The standard InChI is InChI=1S/3C18H24O2Si.H3O3P/c3*1-13-10-11-16(19)15(12-20-21-18(2,3)4)17(13)14-8-6-5-7-9-14;1-4(2)3/h3*5-11,19H,12,21H2,1-4H3;1-3H. The van der Waals surface area contributed by atoms with Gasteiger partial charge in [0.05, 0.1) is 19.8 Å². The minimum Gasteiger partial charge on any atom is -0.508 e. The molecule has 362 valence electrons. The smallest absolute Gasteiger partial charge is 0.324 e. The normalized spacial score (nSPS) is 12.0. The Bertz CT molecular complexity index is 2130. The maximum absolute atomic E-state index is 10.2. The predicted octanol–water partition coefficient (Wildman–Crippen LogP) is 11.7. The predicted molar refractivity (Wildman–Crippen MR) is 288 cm³/mol. The quantitative estimate of drug-likeness (QED) is 0.0521. The third kappa shape index (κ3) is 20.4. The van der Waals surface area contributed by atoms with Gasteiger partial charge in [-0.15, -0.1) is 0 Å². The number of aromatic hydroxyl groups is 3. The SMILES string of the molecule is Cc1ccc(O)c(CO[SiH2]C(C)(C)C)c1-c1ccccc1.Cc1ccc(O)c(CO[SiH2]C(C)(C)C)c1-c1ccccc1.Cc1ccc(O)c(CO[SiH2]C(C)(C)C)c1-c1ccccc1.OP(O)O. The Morgan fingerprint density at radius 1 is 0.373 bits per heavy atom. The lowest BCUT2D eigenvalue weighted by Crippen LogP contribution is -2.12. The average molecular weight is 983 g/mol. The molecule has 0 spiro atoms. The molecule has 0 saturated carbocycles. The highest BCUT2D eigenvalue weighted by atomic mass is 31.2. The molecule has 0 saturated heterocycles. The monoisotopic (exact) mass is 982 g/mol. The average Bonchev–Trinajstić information content (AvgIpc) is 3.24. The van der Waals surface area contributed by atoms with E-state index in [1.165, 1.54) is 0 Å². The Labute approximate surface area is 408 Å². The summed E-state index contributed by atoms with van der Waals surface area (Å²) in [6.45, 7) is 27.5. The summed E-state index contributed by atoms with van der Waals surface area (Å²) >= 11 is 0. The second kappa shape index (κ2) is 26.9. The molecule has 0 fully saturated rings. The van der Waals surface area contributed by atoms with Crippen molar-refractivity contribution in [1.82, 2.24) is 0 Å². The van der Waals surface area contributed by atoms with Crippen molar-refractivity contribution in [3.8, 4) is 50.6 Å². The minimum absolute atomic E-state index is 0.256. The van der Waals surface area contributed by atoms with Gasteiger partial charge in [0.2, 0.25) is 0 Å². The molecule has 6 N–H and O–H groups in total. The molecule has 0 aliphatic heterocycles. The van der Waals surface area contributed by atoms with Gasteiger partial charge in [-0.05, 0) is 104 Å². The van der Waals surface area contributed by atoms with Crippen LogP contribution in [0.3, 0.4) is 0 Å². The van der Waals surface area contributed by atoms with Crippen LogP contribution in [0.4, 0.5) is 0 Å². The van der Waals surface area contributed by atoms with Gasteiger partial charge in [0.25, 0.3) is 0 Å². The van der Waals surface area contributed by atoms with E-state index in [0.717, 1.165) is 66.8 Å². The first-order valence-electron chi connectivity index (χ1n) is 22.6. The highest BCUT2D eigenvalue weighted by molar-refractivity contribution is 7.38. The summed E-state index contributed by atoms with van der Waals surface area (Å²) < 4.78 is 17.9. The van der Waals surface area contributed by atoms with Gasteiger partial charge in [-0.1, -0.05) is 172 Å². The zero-order chi connectivity index (χ0) is 50.0. The second-order valence-electron chi connectivity index (χ2n) is 20.3. The Balaban J connectivity index is 0.000000256. The van der Waals surface area contributed by atoms with Crippen LogP contribution in [0.25, 0.3) is 33.4 Å². The third-order valence-electron chi connectivity index (χ3n) is 10.0. The van der Waals surface area contributed by atoms with Crippen LogP contribution < -0.4 is 0 Å². The van der Waals surface area contributed by atoms with E-state index in [9.17, 15) is 15.3 Å². The molecule has 67 heavy (non-hydrogen) atoms. The molecule has 6 aromatic rings. The summed E-state index contributed by atoms with van der Waals surface area (Å²) in [5, 5.41) is 31.5. The summed E-state index contributed by atoms with van der Waals surface area (Å²) in [5.74, 6) is 0.965. The zero-order valence-corrected chi connectivity index (χ0v) is 46.9. The lowest BCUT2D eigenvalue weighted by Gasteiger charge is -2.19. The Morgan fingerprint density at radius 3 is 0.776 bits per heavy atom. The molecule has 0 aromatic heterocycles. The first-order valence-corrected chi connectivity index (χ1v) is 27.6. The largest absolute Gasteiger partial charge is 0.508 e. The topological polar surface area (TPSA) is 149 Å². The van der Waals surface area contributed by atoms with Gasteiger partial charge < -0.3 is 43.3 Å². The van der Waals surface area contributed by atoms with Crippen LogP contribution >= 0.6 is 8.60 Å². The number of aryl methyl sites for hydroxylation is 3. The van der Waals surface area contributed by atoms with E-state index in [1.54, 1.807) is 18.2 Å². The fourth-order valence-electron chi connectivity index (χ4n) is 7.10. The molecule has 0 unspecified atom stereocenters. The second-order valence-corrected chi connectivity index (χ2v) is 29.3. The van der Waals surface area contributed by atoms with Crippen LogP contribution in [0, 0.1) is 20.8 Å². The van der Waals surface area contributed by atoms with Crippen LogP contribution in [0.15, 0.2) is 127 Å². The summed E-state index contributed by atoms with van der Waals surface area (Å²) in [4.78, 5) is 21.7. The summed E-state index contributed by atoms with van der Waals surface area (Å²) in [7, 11) is -4.51. The van der Waals surface area contributed by atoms with Crippen molar-refractivity contribution >= 4 is 37.9 Å². The maximum Gasteiger partial charge on any atom is 0.324 e. The van der Waals surface area contributed by atoms with Crippen molar-refractivity contribution in [2.75, 3.05) is 0 Å². The van der Waals surface area contributed by atoms with Crippen LogP contribution in [-0.4, -0.2) is 59.3 Å². The first-order chi connectivity index (χ1) is 31.4. The highest BCUT2D eigenvalue weighted by Gasteiger charge is 2.19. The molecule has 0 atom stereocenters. The van der Waals surface area contributed by atoms with Gasteiger partial charge in [0, 0.05) is 16.7 Å². The van der Waals surface area contributed by atoms with Crippen molar-refractivity contribution in [2.24, 2.45) is 0 Å². The minimum atomic E-state index is -2.62. The fourth-order valence-corrected chi connectivity index (χ4v) is 9.85. The molecule has 6 aromatic carbocycles. The number of hydrogen-bond acceptors (Lipinski definition) is 9. The first kappa shape index (κ1) is 56.9. The molecule has 0 bridgehead atoms. The Hall–Kier alpha value is -4.44. The van der Waals surface area contributed by atoms with Crippen molar-refractivity contribution in [1.29, 1.82) is 0 Å². The summed E-state index contributed by atoms with van der Waals surface area (Å²) in [6, 6.07) is 41.8. The third-order valence-corrected chi connectivity index (χ3v) is 13.8. The van der Waals surface area contributed by atoms with Gasteiger partial charge in [0.15, 0.2) is 29.3 Å². The molecule has 13 heteroatoms. The van der Waals surface area contributed by atoms with Crippen LogP contribution in [0.1, 0.15) is 95.7 Å². The summed E-state index contributed by atoms with van der Waals surface area (Å²) in [6.07, 6.45) is 0. The molecule has 0 radical (unpaired) electrons. The van der Waals surface area contributed by atoms with Gasteiger partial charge in [-0.25, -0.2) is 0 Å². The van der Waals surface area contributed by atoms with Crippen LogP contribution in [-0.2, 0) is 33.1 Å². The molecule has 6 rings (SSSR count). The zero-order valence-electron chi connectivity index (χ0n) is 41.7. The lowest BCUT2D eigenvalue weighted by molar-refractivity contribution is 0.302. The number of phenols is 3. The molecular weight excluding hydrogens is 908 g/mol. The molecule has 9 nitrogen and oxygen atoms in total. The number of hydrogen-bond donors (Lipinski definition) is 6. The number of benzene rings is 6. The van der Waals surface area contributed by atoms with Gasteiger partial charge in [0.1, 0.15) is 17.2 Å². The Kier molecular flexibility index (Phi) is 22.9. The molecule has 0 aliphatic carbocycles. The number of rotatable bonds is 12. The van der Waals surface area contributed by atoms with Crippen molar-refractivity contribution < 1.29 is 43.3 Å². The fraction of sp³-hybridized carbons (Fsp3) is 0.333. The van der Waals surface area contributed by atoms with E-state index in [0.29, 0.717) is 37.1 Å². The number of phenolic OH excluding ortho intramolecular Hbond substituents is 3. The van der Waals surface area contributed by atoms with Gasteiger partial charge in [-0.2, -0.15) is 0 Å². The van der Waals surface area contributed by atoms with Gasteiger partial charge >= 0.3 is 8.60 Å². The molecule has 0 amide bonds. The van der Waals surface area contributed by atoms with E-state index in [1.807, 2.05) is 72.8 Å². The molecule has 0 heterocycles.